The topological polar surface area (TPSA) is 60.9 Å². The third-order valence-corrected chi connectivity index (χ3v) is 8.06. The van der Waals surface area contributed by atoms with Crippen LogP contribution >= 0.6 is 0 Å². The zero-order valence-corrected chi connectivity index (χ0v) is 23.0. The summed E-state index contributed by atoms with van der Waals surface area (Å²) in [7, 11) is 4.07. The van der Waals surface area contributed by atoms with Gasteiger partial charge in [0.25, 0.3) is 0 Å². The van der Waals surface area contributed by atoms with E-state index in [0.29, 0.717) is 12.1 Å². The van der Waals surface area contributed by atoms with E-state index in [1.807, 2.05) is 50.2 Å². The Morgan fingerprint density at radius 1 is 0.795 bits per heavy atom. The Kier molecular flexibility index (Phi) is 7.69. The number of carbonyl (C=O) groups excluding carboxylic acids is 1. The van der Waals surface area contributed by atoms with Gasteiger partial charge in [0.1, 0.15) is 0 Å². The maximum atomic E-state index is 14.0. The molecule has 0 unspecified atom stereocenters. The van der Waals surface area contributed by atoms with E-state index in [-0.39, 0.29) is 11.8 Å². The lowest BCUT2D eigenvalue weighted by Crippen LogP contribution is -2.36. The molecule has 4 aromatic rings. The number of aryl methyl sites for hydroxylation is 1. The molecule has 1 aliphatic carbocycles. The van der Waals surface area contributed by atoms with Crippen molar-refractivity contribution in [3.63, 3.8) is 0 Å². The molecule has 0 atom stereocenters. The molecule has 0 aliphatic heterocycles. The second-order valence-electron chi connectivity index (χ2n) is 10.8. The van der Waals surface area contributed by atoms with Crippen LogP contribution in [0.25, 0.3) is 21.9 Å². The fourth-order valence-electron chi connectivity index (χ4n) is 5.75. The summed E-state index contributed by atoms with van der Waals surface area (Å²) in [6, 6.07) is 26.3. The number of carboxylic acids is 1. The van der Waals surface area contributed by atoms with Crippen LogP contribution in [-0.2, 0) is 11.3 Å². The van der Waals surface area contributed by atoms with Gasteiger partial charge in [0, 0.05) is 31.1 Å². The highest BCUT2D eigenvalue weighted by Gasteiger charge is 2.28. The van der Waals surface area contributed by atoms with Crippen molar-refractivity contribution >= 4 is 34.0 Å². The van der Waals surface area contributed by atoms with Gasteiger partial charge in [0.05, 0.1) is 17.8 Å². The number of anilines is 2. The largest absolute Gasteiger partial charge is 0.478 e. The molecule has 1 amide bonds. The van der Waals surface area contributed by atoms with E-state index in [2.05, 4.69) is 53.4 Å². The van der Waals surface area contributed by atoms with E-state index in [0.717, 1.165) is 70.1 Å². The van der Waals surface area contributed by atoms with Gasteiger partial charge in [-0.15, -0.1) is 0 Å². The number of fused-ring (bicyclic) bond motifs is 1. The lowest BCUT2D eigenvalue weighted by atomic mass is 9.87. The van der Waals surface area contributed by atoms with Gasteiger partial charge in [-0.25, -0.2) is 4.79 Å². The SMILES string of the molecule is Cc1c(C(=O)O)ccc2c(N(Cc3ccc(-c4ccc(N(C)C)cc4)cc3)C(=O)C3CCCCC3)cccc12. The minimum atomic E-state index is -0.939. The Labute approximate surface area is 230 Å². The van der Waals surface area contributed by atoms with Crippen LogP contribution in [0.5, 0.6) is 0 Å². The Morgan fingerprint density at radius 3 is 2.05 bits per heavy atom. The van der Waals surface area contributed by atoms with E-state index in [1.165, 1.54) is 6.42 Å². The van der Waals surface area contributed by atoms with E-state index >= 15 is 0 Å². The molecule has 5 nitrogen and oxygen atoms in total. The standard InChI is InChI=1S/C34H36N2O3/c1-23-29-10-7-11-32(31(29)21-20-30(23)34(38)39)36(33(37)27-8-5-4-6-9-27)22-24-12-14-25(15-13-24)26-16-18-28(19-17-26)35(2)3/h7,10-21,27H,4-6,8-9,22H2,1-3H3,(H,38,39). The van der Waals surface area contributed by atoms with E-state index in [9.17, 15) is 14.7 Å². The van der Waals surface area contributed by atoms with E-state index < -0.39 is 5.97 Å². The number of aromatic carboxylic acids is 1. The van der Waals surface area contributed by atoms with Crippen molar-refractivity contribution in [2.75, 3.05) is 23.9 Å². The van der Waals surface area contributed by atoms with Gasteiger partial charge < -0.3 is 14.9 Å². The van der Waals surface area contributed by atoms with Crippen molar-refractivity contribution < 1.29 is 14.7 Å². The molecule has 200 valence electrons. The van der Waals surface area contributed by atoms with Crippen molar-refractivity contribution in [2.45, 2.75) is 45.6 Å². The van der Waals surface area contributed by atoms with Gasteiger partial charge in [-0.05, 0) is 71.7 Å². The molecule has 0 aromatic heterocycles. The number of carboxylic acid groups (broad SMARTS) is 1. The maximum absolute atomic E-state index is 14.0. The summed E-state index contributed by atoms with van der Waals surface area (Å²) in [5, 5.41) is 11.4. The number of hydrogen-bond donors (Lipinski definition) is 1. The Bertz CT molecular complexity index is 1480. The first-order valence-corrected chi connectivity index (χ1v) is 13.8. The Morgan fingerprint density at radius 2 is 1.44 bits per heavy atom. The zero-order valence-electron chi connectivity index (χ0n) is 23.0. The number of carbonyl (C=O) groups is 2. The molecule has 1 N–H and O–H groups in total. The molecule has 1 aliphatic rings. The zero-order chi connectivity index (χ0) is 27.5. The monoisotopic (exact) mass is 520 g/mol. The highest BCUT2D eigenvalue weighted by molar-refractivity contribution is 6.07. The molecular weight excluding hydrogens is 484 g/mol. The van der Waals surface area contributed by atoms with Crippen molar-refractivity contribution in [1.82, 2.24) is 0 Å². The van der Waals surface area contributed by atoms with Crippen LogP contribution in [0.3, 0.4) is 0 Å². The summed E-state index contributed by atoms with van der Waals surface area (Å²) < 4.78 is 0. The summed E-state index contributed by atoms with van der Waals surface area (Å²) in [4.78, 5) is 29.8. The lowest BCUT2D eigenvalue weighted by molar-refractivity contribution is -0.123. The van der Waals surface area contributed by atoms with Gasteiger partial charge in [0.15, 0.2) is 0 Å². The number of rotatable bonds is 7. The average Bonchev–Trinajstić information content (AvgIpc) is 2.96. The predicted molar refractivity (Wildman–Crippen MR) is 160 cm³/mol. The fourth-order valence-corrected chi connectivity index (χ4v) is 5.75. The summed E-state index contributed by atoms with van der Waals surface area (Å²) in [5.74, 6) is -0.764. The molecule has 0 heterocycles. The van der Waals surface area contributed by atoms with Gasteiger partial charge in [0.2, 0.25) is 5.91 Å². The summed E-state index contributed by atoms with van der Waals surface area (Å²) in [5.41, 5.74) is 6.36. The lowest BCUT2D eigenvalue weighted by Gasteiger charge is -2.30. The molecule has 0 radical (unpaired) electrons. The van der Waals surface area contributed by atoms with Crippen LogP contribution in [0.2, 0.25) is 0 Å². The van der Waals surface area contributed by atoms with Gasteiger partial charge in [-0.3, -0.25) is 4.79 Å². The molecular formula is C34H36N2O3. The number of benzene rings is 4. The normalized spacial score (nSPS) is 13.8. The highest BCUT2D eigenvalue weighted by Crippen LogP contribution is 2.35. The molecule has 0 bridgehead atoms. The van der Waals surface area contributed by atoms with Crippen LogP contribution in [0.4, 0.5) is 11.4 Å². The van der Waals surface area contributed by atoms with Crippen LogP contribution in [0.1, 0.15) is 53.6 Å². The third-order valence-electron chi connectivity index (χ3n) is 8.06. The van der Waals surface area contributed by atoms with Gasteiger partial charge in [-0.2, -0.15) is 0 Å². The Hall–Kier alpha value is -4.12. The molecule has 5 heteroatoms. The van der Waals surface area contributed by atoms with Crippen LogP contribution in [0, 0.1) is 12.8 Å². The number of amides is 1. The minimum absolute atomic E-state index is 0.0166. The van der Waals surface area contributed by atoms with E-state index in [4.69, 9.17) is 0 Å². The van der Waals surface area contributed by atoms with Crippen LogP contribution in [0.15, 0.2) is 78.9 Å². The molecule has 1 saturated carbocycles. The molecule has 1 fully saturated rings. The van der Waals surface area contributed by atoms with Gasteiger partial charge in [-0.1, -0.05) is 73.9 Å². The molecule has 4 aromatic carbocycles. The smallest absolute Gasteiger partial charge is 0.335 e. The summed E-state index contributed by atoms with van der Waals surface area (Å²) >= 11 is 0. The molecule has 0 spiro atoms. The average molecular weight is 521 g/mol. The molecule has 5 rings (SSSR count). The first-order valence-electron chi connectivity index (χ1n) is 13.8. The third kappa shape index (κ3) is 5.53. The van der Waals surface area contributed by atoms with E-state index in [1.54, 1.807) is 6.07 Å². The van der Waals surface area contributed by atoms with Crippen molar-refractivity contribution in [1.29, 1.82) is 0 Å². The maximum Gasteiger partial charge on any atom is 0.335 e. The van der Waals surface area contributed by atoms with Crippen molar-refractivity contribution in [3.8, 4) is 11.1 Å². The Balaban J connectivity index is 1.50. The predicted octanol–water partition coefficient (Wildman–Crippen LogP) is 7.69. The summed E-state index contributed by atoms with van der Waals surface area (Å²) in [6.45, 7) is 2.31. The fraction of sp³-hybridized carbons (Fsp3) is 0.294. The van der Waals surface area contributed by atoms with Crippen molar-refractivity contribution in [3.05, 3.63) is 95.6 Å². The van der Waals surface area contributed by atoms with Gasteiger partial charge >= 0.3 is 5.97 Å². The first-order chi connectivity index (χ1) is 18.8. The first kappa shape index (κ1) is 26.5. The quantitative estimate of drug-likeness (QED) is 0.271. The molecule has 39 heavy (non-hydrogen) atoms. The second-order valence-corrected chi connectivity index (χ2v) is 10.8. The minimum Gasteiger partial charge on any atom is -0.478 e. The van der Waals surface area contributed by atoms with Crippen LogP contribution < -0.4 is 9.80 Å². The molecule has 0 saturated heterocycles. The number of hydrogen-bond acceptors (Lipinski definition) is 3. The van der Waals surface area contributed by atoms with Crippen LogP contribution in [-0.4, -0.2) is 31.1 Å². The summed E-state index contributed by atoms with van der Waals surface area (Å²) in [6.07, 6.45) is 5.20. The second kappa shape index (κ2) is 11.3. The highest BCUT2D eigenvalue weighted by atomic mass is 16.4. The number of nitrogens with zero attached hydrogens (tertiary/aromatic N) is 2. The van der Waals surface area contributed by atoms with Crippen molar-refractivity contribution in [2.24, 2.45) is 5.92 Å².